The monoisotopic (exact) mass is 438 g/mol. The van der Waals surface area contributed by atoms with Crippen LogP contribution < -0.4 is 0 Å². The SMILES string of the molecule is c1ccc(-c2nc(-c3ccccc3)nc(-n3c4ccccc4c4c5ccoc5ccc43)n2)cc1. The molecule has 0 fully saturated rings. The van der Waals surface area contributed by atoms with Gasteiger partial charge in [0, 0.05) is 27.3 Å². The average molecular weight is 438 g/mol. The summed E-state index contributed by atoms with van der Waals surface area (Å²) >= 11 is 0. The van der Waals surface area contributed by atoms with Gasteiger partial charge < -0.3 is 4.42 Å². The fourth-order valence-electron chi connectivity index (χ4n) is 4.62. The first-order chi connectivity index (χ1) is 16.9. The van der Waals surface area contributed by atoms with E-state index in [9.17, 15) is 0 Å². The van der Waals surface area contributed by atoms with Gasteiger partial charge in [-0.25, -0.2) is 4.98 Å². The van der Waals surface area contributed by atoms with Crippen molar-refractivity contribution in [2.24, 2.45) is 0 Å². The third-order valence-corrected chi connectivity index (χ3v) is 6.16. The van der Waals surface area contributed by atoms with Crippen molar-refractivity contribution in [3.8, 4) is 28.7 Å². The van der Waals surface area contributed by atoms with Crippen LogP contribution in [-0.2, 0) is 0 Å². The molecule has 34 heavy (non-hydrogen) atoms. The molecule has 3 aromatic heterocycles. The standard InChI is InChI=1S/C29H18N4O/c1-3-9-19(10-4-1)27-30-28(20-11-5-2-6-12-20)32-29(31-27)33-23-14-8-7-13-21(23)26-22-17-18-34-25(22)16-15-24(26)33/h1-18H. The minimum atomic E-state index is 0.585. The van der Waals surface area contributed by atoms with E-state index < -0.39 is 0 Å². The quantitative estimate of drug-likeness (QED) is 0.297. The molecular formula is C29H18N4O. The molecule has 160 valence electrons. The number of hydrogen-bond acceptors (Lipinski definition) is 4. The van der Waals surface area contributed by atoms with Gasteiger partial charge in [-0.3, -0.25) is 4.57 Å². The van der Waals surface area contributed by atoms with E-state index in [4.69, 9.17) is 19.4 Å². The molecule has 7 rings (SSSR count). The number of hydrogen-bond donors (Lipinski definition) is 0. The molecule has 0 aliphatic heterocycles. The highest BCUT2D eigenvalue weighted by Crippen LogP contribution is 2.37. The lowest BCUT2D eigenvalue weighted by Crippen LogP contribution is -2.06. The van der Waals surface area contributed by atoms with Crippen LogP contribution in [0, 0.1) is 0 Å². The van der Waals surface area contributed by atoms with E-state index in [0.29, 0.717) is 17.6 Å². The summed E-state index contributed by atoms with van der Waals surface area (Å²) in [4.78, 5) is 14.7. The number of benzene rings is 4. The largest absolute Gasteiger partial charge is 0.464 e. The van der Waals surface area contributed by atoms with E-state index in [0.717, 1.165) is 43.9 Å². The van der Waals surface area contributed by atoms with E-state index in [1.54, 1.807) is 6.26 Å². The first-order valence-corrected chi connectivity index (χ1v) is 11.1. The second-order valence-electron chi connectivity index (χ2n) is 8.16. The molecule has 0 saturated heterocycles. The highest BCUT2D eigenvalue weighted by atomic mass is 16.3. The lowest BCUT2D eigenvalue weighted by Gasteiger charge is -2.10. The fraction of sp³-hybridized carbons (Fsp3) is 0. The summed E-state index contributed by atoms with van der Waals surface area (Å²) < 4.78 is 7.82. The summed E-state index contributed by atoms with van der Waals surface area (Å²) in [5.41, 5.74) is 4.82. The van der Waals surface area contributed by atoms with Crippen molar-refractivity contribution in [3.05, 3.63) is 109 Å². The zero-order chi connectivity index (χ0) is 22.5. The Morgan fingerprint density at radius 3 is 1.88 bits per heavy atom. The van der Waals surface area contributed by atoms with Crippen LogP contribution in [0.15, 0.2) is 114 Å². The van der Waals surface area contributed by atoms with Crippen molar-refractivity contribution in [2.75, 3.05) is 0 Å². The summed E-state index contributed by atoms with van der Waals surface area (Å²) in [6.07, 6.45) is 1.74. The van der Waals surface area contributed by atoms with Gasteiger partial charge in [-0.05, 0) is 24.3 Å². The van der Waals surface area contributed by atoms with Gasteiger partial charge in [0.25, 0.3) is 0 Å². The summed E-state index contributed by atoms with van der Waals surface area (Å²) in [6.45, 7) is 0. The van der Waals surface area contributed by atoms with Crippen molar-refractivity contribution in [2.45, 2.75) is 0 Å². The molecular weight excluding hydrogens is 420 g/mol. The number of fused-ring (bicyclic) bond motifs is 5. The van der Waals surface area contributed by atoms with Crippen LogP contribution in [-0.4, -0.2) is 19.5 Å². The van der Waals surface area contributed by atoms with Crippen LogP contribution in [0.1, 0.15) is 0 Å². The molecule has 4 aromatic carbocycles. The molecule has 0 atom stereocenters. The Labute approximate surface area is 195 Å². The van der Waals surface area contributed by atoms with Crippen molar-refractivity contribution >= 4 is 32.8 Å². The van der Waals surface area contributed by atoms with Crippen molar-refractivity contribution in [1.29, 1.82) is 0 Å². The molecule has 5 nitrogen and oxygen atoms in total. The Balaban J connectivity index is 1.59. The van der Waals surface area contributed by atoms with E-state index in [-0.39, 0.29) is 0 Å². The first kappa shape index (κ1) is 18.8. The van der Waals surface area contributed by atoms with Crippen LogP contribution in [0.4, 0.5) is 0 Å². The third-order valence-electron chi connectivity index (χ3n) is 6.16. The maximum absolute atomic E-state index is 5.69. The normalized spacial score (nSPS) is 11.5. The zero-order valence-corrected chi connectivity index (χ0v) is 18.1. The second kappa shape index (κ2) is 7.39. The molecule has 0 bridgehead atoms. The predicted octanol–water partition coefficient (Wildman–Crippen LogP) is 7.05. The summed E-state index contributed by atoms with van der Waals surface area (Å²) in [5, 5.41) is 3.34. The van der Waals surface area contributed by atoms with Gasteiger partial charge in [-0.1, -0.05) is 78.9 Å². The molecule has 0 aliphatic rings. The molecule has 0 unspecified atom stereocenters. The van der Waals surface area contributed by atoms with Gasteiger partial charge in [0.1, 0.15) is 5.58 Å². The highest BCUT2D eigenvalue weighted by Gasteiger charge is 2.19. The van der Waals surface area contributed by atoms with Gasteiger partial charge >= 0.3 is 0 Å². The Morgan fingerprint density at radius 2 is 1.18 bits per heavy atom. The van der Waals surface area contributed by atoms with Crippen LogP contribution in [0.3, 0.4) is 0 Å². The van der Waals surface area contributed by atoms with E-state index in [2.05, 4.69) is 28.8 Å². The Hall–Kier alpha value is -4.77. The zero-order valence-electron chi connectivity index (χ0n) is 18.1. The Bertz CT molecular complexity index is 1740. The van der Waals surface area contributed by atoms with Crippen LogP contribution >= 0.6 is 0 Å². The lowest BCUT2D eigenvalue weighted by atomic mass is 10.1. The fourth-order valence-corrected chi connectivity index (χ4v) is 4.62. The maximum Gasteiger partial charge on any atom is 0.238 e. The van der Waals surface area contributed by atoms with Gasteiger partial charge in [-0.15, -0.1) is 0 Å². The van der Waals surface area contributed by atoms with Crippen molar-refractivity contribution in [1.82, 2.24) is 19.5 Å². The summed E-state index contributed by atoms with van der Waals surface area (Å²) in [5.74, 6) is 1.86. The minimum Gasteiger partial charge on any atom is -0.464 e. The molecule has 0 aliphatic carbocycles. The second-order valence-corrected chi connectivity index (χ2v) is 8.16. The number of rotatable bonds is 3. The van der Waals surface area contributed by atoms with Gasteiger partial charge in [0.15, 0.2) is 11.6 Å². The van der Waals surface area contributed by atoms with E-state index >= 15 is 0 Å². The molecule has 0 N–H and O–H groups in total. The molecule has 0 amide bonds. The van der Waals surface area contributed by atoms with Crippen molar-refractivity contribution < 1.29 is 4.42 Å². The van der Waals surface area contributed by atoms with Gasteiger partial charge in [0.2, 0.25) is 5.95 Å². The van der Waals surface area contributed by atoms with Crippen molar-refractivity contribution in [3.63, 3.8) is 0 Å². The van der Waals surface area contributed by atoms with Gasteiger partial charge in [0.05, 0.1) is 17.3 Å². The van der Waals surface area contributed by atoms with Crippen LogP contribution in [0.2, 0.25) is 0 Å². The molecule has 3 heterocycles. The summed E-state index contributed by atoms with van der Waals surface area (Å²) in [7, 11) is 0. The van der Waals surface area contributed by atoms with E-state index in [1.807, 2.05) is 78.9 Å². The first-order valence-electron chi connectivity index (χ1n) is 11.1. The highest BCUT2D eigenvalue weighted by molar-refractivity contribution is 6.20. The number of aromatic nitrogens is 4. The number of nitrogens with zero attached hydrogens (tertiary/aromatic N) is 4. The molecule has 0 saturated carbocycles. The molecule has 5 heteroatoms. The van der Waals surface area contributed by atoms with E-state index in [1.165, 1.54) is 0 Å². The molecule has 0 spiro atoms. The Morgan fingerprint density at radius 1 is 0.529 bits per heavy atom. The topological polar surface area (TPSA) is 56.7 Å². The Kier molecular flexibility index (Phi) is 4.08. The van der Waals surface area contributed by atoms with Crippen LogP contribution in [0.25, 0.3) is 61.5 Å². The summed E-state index contributed by atoms with van der Waals surface area (Å²) in [6, 6.07) is 34.5. The van der Waals surface area contributed by atoms with Gasteiger partial charge in [-0.2, -0.15) is 9.97 Å². The maximum atomic E-state index is 5.69. The van der Waals surface area contributed by atoms with Crippen LogP contribution in [0.5, 0.6) is 0 Å². The molecule has 7 aromatic rings. The average Bonchev–Trinajstić information content (AvgIpc) is 3.52. The third kappa shape index (κ3) is 2.84. The molecule has 0 radical (unpaired) electrons. The lowest BCUT2D eigenvalue weighted by molar-refractivity contribution is 0.616. The minimum absolute atomic E-state index is 0.585. The number of furan rings is 1. The smallest absolute Gasteiger partial charge is 0.238 e. The number of para-hydroxylation sites is 1. The predicted molar refractivity (Wildman–Crippen MR) is 135 cm³/mol.